The third kappa shape index (κ3) is 4.96. The van der Waals surface area contributed by atoms with Gasteiger partial charge in [0.2, 0.25) is 0 Å². The minimum atomic E-state index is 0.191. The summed E-state index contributed by atoms with van der Waals surface area (Å²) >= 11 is 0. The van der Waals surface area contributed by atoms with Crippen molar-refractivity contribution in [3.63, 3.8) is 0 Å². The first-order valence-corrected chi connectivity index (χ1v) is 5.46. The molecule has 0 aliphatic carbocycles. The topological polar surface area (TPSA) is 35.2 Å². The summed E-state index contributed by atoms with van der Waals surface area (Å²) < 4.78 is 5.60. The summed E-state index contributed by atoms with van der Waals surface area (Å²) in [4.78, 5) is 0. The van der Waals surface area contributed by atoms with E-state index in [4.69, 9.17) is 10.5 Å². The molecule has 1 aromatic rings. The molecule has 84 valence electrons. The zero-order valence-corrected chi connectivity index (χ0v) is 9.70. The fraction of sp³-hybridized carbons (Fsp3) is 0.538. The van der Waals surface area contributed by atoms with Crippen molar-refractivity contribution in [1.29, 1.82) is 0 Å². The number of benzene rings is 1. The molecule has 1 aromatic carbocycles. The van der Waals surface area contributed by atoms with E-state index in [0.717, 1.165) is 13.0 Å². The largest absolute Gasteiger partial charge is 0.377 e. The highest BCUT2D eigenvalue weighted by Gasteiger charge is 2.14. The molecule has 15 heavy (non-hydrogen) atoms. The average molecular weight is 207 g/mol. The Hall–Kier alpha value is -0.860. The molecule has 2 nitrogen and oxygen atoms in total. The van der Waals surface area contributed by atoms with Crippen molar-refractivity contribution in [2.24, 2.45) is 11.1 Å². The molecule has 0 spiro atoms. The summed E-state index contributed by atoms with van der Waals surface area (Å²) in [6.07, 6.45) is 1.01. The number of hydrogen-bond donors (Lipinski definition) is 1. The van der Waals surface area contributed by atoms with Gasteiger partial charge >= 0.3 is 0 Å². The van der Waals surface area contributed by atoms with Crippen molar-refractivity contribution in [3.8, 4) is 0 Å². The smallest absolute Gasteiger partial charge is 0.0716 e. The summed E-state index contributed by atoms with van der Waals surface area (Å²) in [5, 5.41) is 0. The average Bonchev–Trinajstić information content (AvgIpc) is 2.26. The standard InChI is InChI=1S/C13H21NO/c1-13(2,11-14)8-9-15-10-12-6-4-3-5-7-12/h3-7H,8-11,14H2,1-2H3. The van der Waals surface area contributed by atoms with Crippen molar-refractivity contribution in [3.05, 3.63) is 35.9 Å². The molecule has 2 N–H and O–H groups in total. The van der Waals surface area contributed by atoms with Crippen molar-refractivity contribution in [1.82, 2.24) is 0 Å². The molecule has 0 saturated carbocycles. The Morgan fingerprint density at radius 3 is 2.47 bits per heavy atom. The van der Waals surface area contributed by atoms with Crippen molar-refractivity contribution >= 4 is 0 Å². The van der Waals surface area contributed by atoms with Gasteiger partial charge < -0.3 is 10.5 Å². The van der Waals surface area contributed by atoms with Gasteiger partial charge in [-0.3, -0.25) is 0 Å². The van der Waals surface area contributed by atoms with Crippen molar-refractivity contribution in [2.75, 3.05) is 13.2 Å². The molecule has 1 rings (SSSR count). The second-order valence-corrected chi connectivity index (χ2v) is 4.66. The molecule has 0 unspecified atom stereocenters. The fourth-order valence-corrected chi connectivity index (χ4v) is 1.21. The Labute approximate surface area is 92.4 Å². The minimum absolute atomic E-state index is 0.191. The van der Waals surface area contributed by atoms with Crippen LogP contribution in [0.5, 0.6) is 0 Å². The second kappa shape index (κ2) is 5.89. The zero-order chi connectivity index (χ0) is 11.1. The van der Waals surface area contributed by atoms with Crippen LogP contribution >= 0.6 is 0 Å². The van der Waals surface area contributed by atoms with Crippen LogP contribution in [-0.4, -0.2) is 13.2 Å². The highest BCUT2D eigenvalue weighted by atomic mass is 16.5. The van der Waals surface area contributed by atoms with Gasteiger partial charge in [0.1, 0.15) is 0 Å². The molecule has 0 aliphatic rings. The lowest BCUT2D eigenvalue weighted by molar-refractivity contribution is 0.0940. The zero-order valence-electron chi connectivity index (χ0n) is 9.70. The SMILES string of the molecule is CC(C)(CN)CCOCc1ccccc1. The Kier molecular flexibility index (Phi) is 4.79. The van der Waals surface area contributed by atoms with Gasteiger partial charge in [-0.05, 0) is 23.9 Å². The summed E-state index contributed by atoms with van der Waals surface area (Å²) in [5.41, 5.74) is 7.06. The van der Waals surface area contributed by atoms with E-state index in [9.17, 15) is 0 Å². The lowest BCUT2D eigenvalue weighted by atomic mass is 9.90. The van der Waals surface area contributed by atoms with Crippen LogP contribution < -0.4 is 5.73 Å². The lowest BCUT2D eigenvalue weighted by Crippen LogP contribution is -2.25. The number of ether oxygens (including phenoxy) is 1. The monoisotopic (exact) mass is 207 g/mol. The van der Waals surface area contributed by atoms with E-state index in [2.05, 4.69) is 26.0 Å². The Balaban J connectivity index is 2.18. The lowest BCUT2D eigenvalue weighted by Gasteiger charge is -2.21. The van der Waals surface area contributed by atoms with Crippen LogP contribution in [0.2, 0.25) is 0 Å². The molecule has 0 amide bonds. The molecule has 0 heterocycles. The summed E-state index contributed by atoms with van der Waals surface area (Å²) in [6, 6.07) is 10.2. The summed E-state index contributed by atoms with van der Waals surface area (Å²) in [7, 11) is 0. The maximum absolute atomic E-state index is 5.64. The van der Waals surface area contributed by atoms with Gasteiger partial charge in [-0.1, -0.05) is 44.2 Å². The molecule has 0 radical (unpaired) electrons. The predicted molar refractivity (Wildman–Crippen MR) is 63.6 cm³/mol. The number of rotatable bonds is 6. The van der Waals surface area contributed by atoms with Crippen molar-refractivity contribution in [2.45, 2.75) is 26.9 Å². The van der Waals surface area contributed by atoms with E-state index in [-0.39, 0.29) is 5.41 Å². The first-order valence-electron chi connectivity index (χ1n) is 5.46. The molecule has 0 atom stereocenters. The molecule has 0 saturated heterocycles. The fourth-order valence-electron chi connectivity index (χ4n) is 1.21. The minimum Gasteiger partial charge on any atom is -0.377 e. The maximum atomic E-state index is 5.64. The third-order valence-electron chi connectivity index (χ3n) is 2.59. The predicted octanol–water partition coefficient (Wildman–Crippen LogP) is 2.58. The quantitative estimate of drug-likeness (QED) is 0.728. The van der Waals surface area contributed by atoms with E-state index in [0.29, 0.717) is 13.2 Å². The van der Waals surface area contributed by atoms with E-state index in [1.54, 1.807) is 0 Å². The van der Waals surface area contributed by atoms with E-state index in [1.807, 2.05) is 18.2 Å². The Morgan fingerprint density at radius 1 is 1.20 bits per heavy atom. The molecule has 2 heteroatoms. The highest BCUT2D eigenvalue weighted by molar-refractivity contribution is 5.13. The van der Waals surface area contributed by atoms with Gasteiger partial charge in [-0.2, -0.15) is 0 Å². The number of nitrogens with two attached hydrogens (primary N) is 1. The third-order valence-corrected chi connectivity index (χ3v) is 2.59. The summed E-state index contributed by atoms with van der Waals surface area (Å²) in [5.74, 6) is 0. The van der Waals surface area contributed by atoms with Gasteiger partial charge in [0.25, 0.3) is 0 Å². The summed E-state index contributed by atoms with van der Waals surface area (Å²) in [6.45, 7) is 6.51. The van der Waals surface area contributed by atoms with Crippen LogP contribution in [-0.2, 0) is 11.3 Å². The maximum Gasteiger partial charge on any atom is 0.0716 e. The normalized spacial score (nSPS) is 11.7. The van der Waals surface area contributed by atoms with Crippen LogP contribution in [0, 0.1) is 5.41 Å². The molecule has 0 aliphatic heterocycles. The van der Waals surface area contributed by atoms with Crippen LogP contribution in [0.4, 0.5) is 0 Å². The second-order valence-electron chi connectivity index (χ2n) is 4.66. The number of hydrogen-bond acceptors (Lipinski definition) is 2. The molecular formula is C13H21NO. The van der Waals surface area contributed by atoms with Gasteiger partial charge in [-0.25, -0.2) is 0 Å². The Morgan fingerprint density at radius 2 is 1.87 bits per heavy atom. The van der Waals surface area contributed by atoms with Crippen LogP contribution in [0.1, 0.15) is 25.8 Å². The first-order chi connectivity index (χ1) is 7.14. The molecule has 0 aromatic heterocycles. The van der Waals surface area contributed by atoms with E-state index in [1.165, 1.54) is 5.56 Å². The molecular weight excluding hydrogens is 186 g/mol. The molecule has 0 bridgehead atoms. The molecule has 0 fully saturated rings. The van der Waals surface area contributed by atoms with Crippen LogP contribution in [0.3, 0.4) is 0 Å². The van der Waals surface area contributed by atoms with Gasteiger partial charge in [0, 0.05) is 6.61 Å². The van der Waals surface area contributed by atoms with Gasteiger partial charge in [0.05, 0.1) is 6.61 Å². The van der Waals surface area contributed by atoms with E-state index < -0.39 is 0 Å². The highest BCUT2D eigenvalue weighted by Crippen LogP contribution is 2.17. The van der Waals surface area contributed by atoms with Crippen LogP contribution in [0.15, 0.2) is 30.3 Å². The van der Waals surface area contributed by atoms with E-state index >= 15 is 0 Å². The first kappa shape index (κ1) is 12.2. The van der Waals surface area contributed by atoms with Crippen molar-refractivity contribution < 1.29 is 4.74 Å². The van der Waals surface area contributed by atoms with Crippen LogP contribution in [0.25, 0.3) is 0 Å². The van der Waals surface area contributed by atoms with Gasteiger partial charge in [0.15, 0.2) is 0 Å². The van der Waals surface area contributed by atoms with Gasteiger partial charge in [-0.15, -0.1) is 0 Å². The Bertz CT molecular complexity index is 269.